The van der Waals surface area contributed by atoms with Gasteiger partial charge in [-0.2, -0.15) is 5.10 Å². The van der Waals surface area contributed by atoms with Crippen LogP contribution in [0.25, 0.3) is 0 Å². The number of nitrogens with one attached hydrogen (secondary N) is 2. The summed E-state index contributed by atoms with van der Waals surface area (Å²) in [6.07, 6.45) is 1.88. The lowest BCUT2D eigenvalue weighted by Gasteiger charge is -2.18. The van der Waals surface area contributed by atoms with E-state index in [1.807, 2.05) is 13.1 Å². The fourth-order valence-electron chi connectivity index (χ4n) is 2.24. The van der Waals surface area contributed by atoms with Crippen LogP contribution < -0.4 is 5.32 Å². The quantitative estimate of drug-likeness (QED) is 0.813. The number of aromatic amines is 1. The van der Waals surface area contributed by atoms with Crippen molar-refractivity contribution in [2.45, 2.75) is 33.9 Å². The molecule has 2 aromatic rings. The molecular formula is C16H24N4. The molecule has 1 aromatic carbocycles. The Morgan fingerprint density at radius 3 is 2.70 bits per heavy atom. The van der Waals surface area contributed by atoms with E-state index in [2.05, 4.69) is 58.5 Å². The van der Waals surface area contributed by atoms with Crippen LogP contribution in [0.3, 0.4) is 0 Å². The molecular weight excluding hydrogens is 248 g/mol. The van der Waals surface area contributed by atoms with E-state index in [-0.39, 0.29) is 0 Å². The summed E-state index contributed by atoms with van der Waals surface area (Å²) in [7, 11) is 0. The number of benzene rings is 1. The van der Waals surface area contributed by atoms with Gasteiger partial charge in [-0.15, -0.1) is 0 Å². The number of hydrogen-bond acceptors (Lipinski definition) is 3. The first-order valence-corrected chi connectivity index (χ1v) is 7.27. The van der Waals surface area contributed by atoms with Gasteiger partial charge in [0.15, 0.2) is 0 Å². The lowest BCUT2D eigenvalue weighted by Crippen LogP contribution is -2.22. The average Bonchev–Trinajstić information content (AvgIpc) is 2.88. The molecule has 0 fully saturated rings. The highest BCUT2D eigenvalue weighted by molar-refractivity contribution is 5.46. The third-order valence-corrected chi connectivity index (χ3v) is 3.64. The molecule has 0 saturated heterocycles. The van der Waals surface area contributed by atoms with Crippen molar-refractivity contribution in [1.82, 2.24) is 15.1 Å². The summed E-state index contributed by atoms with van der Waals surface area (Å²) in [5.74, 6) is 0. The van der Waals surface area contributed by atoms with Crippen molar-refractivity contribution in [3.63, 3.8) is 0 Å². The van der Waals surface area contributed by atoms with Gasteiger partial charge in [0.05, 0.1) is 6.20 Å². The second kappa shape index (κ2) is 7.10. The first-order valence-electron chi connectivity index (χ1n) is 7.27. The Morgan fingerprint density at radius 2 is 2.05 bits per heavy atom. The molecule has 2 N–H and O–H groups in total. The minimum absolute atomic E-state index is 0.803. The first kappa shape index (κ1) is 14.6. The van der Waals surface area contributed by atoms with Gasteiger partial charge in [-0.05, 0) is 37.7 Å². The third-order valence-electron chi connectivity index (χ3n) is 3.64. The summed E-state index contributed by atoms with van der Waals surface area (Å²) >= 11 is 0. The molecule has 0 aliphatic rings. The molecule has 4 heteroatoms. The third kappa shape index (κ3) is 3.84. The van der Waals surface area contributed by atoms with Crippen molar-refractivity contribution < 1.29 is 0 Å². The molecule has 2 rings (SSSR count). The van der Waals surface area contributed by atoms with Crippen LogP contribution in [0.15, 0.2) is 30.5 Å². The van der Waals surface area contributed by atoms with Crippen molar-refractivity contribution in [3.05, 3.63) is 47.3 Å². The Hall–Kier alpha value is -1.81. The van der Waals surface area contributed by atoms with Gasteiger partial charge >= 0.3 is 0 Å². The Labute approximate surface area is 121 Å². The number of rotatable bonds is 7. The summed E-state index contributed by atoms with van der Waals surface area (Å²) in [6, 6.07) is 8.64. The smallest absolute Gasteiger partial charge is 0.0539 e. The summed E-state index contributed by atoms with van der Waals surface area (Å²) in [5.41, 5.74) is 4.84. The van der Waals surface area contributed by atoms with E-state index in [0.717, 1.165) is 37.6 Å². The Kier molecular flexibility index (Phi) is 5.18. The summed E-state index contributed by atoms with van der Waals surface area (Å²) in [4.78, 5) is 2.42. The standard InChI is InChI=1S/C16H24N4/c1-4-20(5-2)12-14-7-6-8-16(9-14)17-10-15-11-18-19-13(15)3/h6-9,11,17H,4-5,10,12H2,1-3H3,(H,18,19). The van der Waals surface area contributed by atoms with Crippen molar-refractivity contribution >= 4 is 5.69 Å². The molecule has 0 bridgehead atoms. The maximum absolute atomic E-state index is 4.04. The number of aryl methyl sites for hydroxylation is 1. The molecule has 0 spiro atoms. The van der Waals surface area contributed by atoms with Crippen LogP contribution in [0.5, 0.6) is 0 Å². The van der Waals surface area contributed by atoms with Crippen LogP contribution in [-0.4, -0.2) is 28.2 Å². The van der Waals surface area contributed by atoms with E-state index in [1.54, 1.807) is 0 Å². The predicted molar refractivity (Wildman–Crippen MR) is 83.7 cm³/mol. The monoisotopic (exact) mass is 272 g/mol. The largest absolute Gasteiger partial charge is 0.381 e. The molecule has 1 aromatic heterocycles. The summed E-state index contributed by atoms with van der Waals surface area (Å²) in [5, 5.41) is 10.5. The minimum Gasteiger partial charge on any atom is -0.381 e. The first-order chi connectivity index (χ1) is 9.72. The highest BCUT2D eigenvalue weighted by Crippen LogP contribution is 2.14. The second-order valence-electron chi connectivity index (χ2n) is 5.04. The van der Waals surface area contributed by atoms with Gasteiger partial charge in [-0.1, -0.05) is 26.0 Å². The second-order valence-corrected chi connectivity index (χ2v) is 5.04. The maximum Gasteiger partial charge on any atom is 0.0539 e. The predicted octanol–water partition coefficient (Wildman–Crippen LogP) is 3.17. The molecule has 0 amide bonds. The Bertz CT molecular complexity index is 529. The van der Waals surface area contributed by atoms with Crippen LogP contribution in [0.1, 0.15) is 30.7 Å². The van der Waals surface area contributed by atoms with Crippen LogP contribution in [0.4, 0.5) is 5.69 Å². The van der Waals surface area contributed by atoms with Gasteiger partial charge in [0.1, 0.15) is 0 Å². The van der Waals surface area contributed by atoms with E-state index in [1.165, 1.54) is 11.1 Å². The van der Waals surface area contributed by atoms with Crippen molar-refractivity contribution in [3.8, 4) is 0 Å². The molecule has 0 unspecified atom stereocenters. The van der Waals surface area contributed by atoms with E-state index in [9.17, 15) is 0 Å². The van der Waals surface area contributed by atoms with E-state index in [4.69, 9.17) is 0 Å². The fraction of sp³-hybridized carbons (Fsp3) is 0.438. The van der Waals surface area contributed by atoms with E-state index in [0.29, 0.717) is 0 Å². The molecule has 1 heterocycles. The van der Waals surface area contributed by atoms with Crippen molar-refractivity contribution in [1.29, 1.82) is 0 Å². The number of anilines is 1. The zero-order valence-corrected chi connectivity index (χ0v) is 12.6. The van der Waals surface area contributed by atoms with Gasteiger partial charge in [0.2, 0.25) is 0 Å². The van der Waals surface area contributed by atoms with Crippen LogP contribution >= 0.6 is 0 Å². The highest BCUT2D eigenvalue weighted by Gasteiger charge is 2.03. The topological polar surface area (TPSA) is 44.0 Å². The van der Waals surface area contributed by atoms with Gasteiger partial charge in [0.25, 0.3) is 0 Å². The van der Waals surface area contributed by atoms with E-state index < -0.39 is 0 Å². The van der Waals surface area contributed by atoms with Crippen LogP contribution in [0, 0.1) is 6.92 Å². The Balaban J connectivity index is 1.97. The summed E-state index contributed by atoms with van der Waals surface area (Å²) < 4.78 is 0. The van der Waals surface area contributed by atoms with Crippen LogP contribution in [-0.2, 0) is 13.1 Å². The minimum atomic E-state index is 0.803. The zero-order valence-electron chi connectivity index (χ0n) is 12.6. The molecule has 0 aliphatic heterocycles. The van der Waals surface area contributed by atoms with Gasteiger partial charge in [-0.3, -0.25) is 10.00 Å². The van der Waals surface area contributed by atoms with Crippen molar-refractivity contribution in [2.75, 3.05) is 18.4 Å². The summed E-state index contributed by atoms with van der Waals surface area (Å²) in [6.45, 7) is 10.4. The van der Waals surface area contributed by atoms with Gasteiger partial charge in [0, 0.05) is 30.0 Å². The molecule has 0 atom stereocenters. The van der Waals surface area contributed by atoms with Crippen LogP contribution in [0.2, 0.25) is 0 Å². The molecule has 0 aliphatic carbocycles. The molecule has 0 radical (unpaired) electrons. The average molecular weight is 272 g/mol. The number of nitrogens with zero attached hydrogens (tertiary/aromatic N) is 2. The molecule has 4 nitrogen and oxygen atoms in total. The van der Waals surface area contributed by atoms with E-state index >= 15 is 0 Å². The molecule has 108 valence electrons. The number of aromatic nitrogens is 2. The number of H-pyrrole nitrogens is 1. The Morgan fingerprint density at radius 1 is 1.25 bits per heavy atom. The highest BCUT2D eigenvalue weighted by atomic mass is 15.1. The van der Waals surface area contributed by atoms with Gasteiger partial charge < -0.3 is 5.32 Å². The maximum atomic E-state index is 4.04. The van der Waals surface area contributed by atoms with Gasteiger partial charge in [-0.25, -0.2) is 0 Å². The number of hydrogen-bond donors (Lipinski definition) is 2. The fourth-order valence-corrected chi connectivity index (χ4v) is 2.24. The normalized spacial score (nSPS) is 11.0. The molecule has 0 saturated carbocycles. The van der Waals surface area contributed by atoms with Crippen molar-refractivity contribution in [2.24, 2.45) is 0 Å². The zero-order chi connectivity index (χ0) is 14.4. The molecule has 20 heavy (non-hydrogen) atoms. The lowest BCUT2D eigenvalue weighted by molar-refractivity contribution is 0.296. The SMILES string of the molecule is CCN(CC)Cc1cccc(NCc2cn[nH]c2C)c1. The lowest BCUT2D eigenvalue weighted by atomic mass is 10.1.